The first kappa shape index (κ1) is 17.4. The molecule has 27 heavy (non-hydrogen) atoms. The van der Waals surface area contributed by atoms with E-state index in [0.717, 1.165) is 5.56 Å². The van der Waals surface area contributed by atoms with Gasteiger partial charge in [-0.2, -0.15) is 9.78 Å². The lowest BCUT2D eigenvalue weighted by atomic mass is 9.85. The molecule has 1 N–H and O–H groups in total. The lowest BCUT2D eigenvalue weighted by molar-refractivity contribution is -0.116. The van der Waals surface area contributed by atoms with Crippen LogP contribution >= 0.6 is 11.6 Å². The number of hydrogen-bond acceptors (Lipinski definition) is 5. The molecule has 0 unspecified atom stereocenters. The number of halogens is 2. The van der Waals surface area contributed by atoms with Gasteiger partial charge in [-0.3, -0.25) is 4.79 Å². The van der Waals surface area contributed by atoms with Crippen molar-refractivity contribution in [2.45, 2.75) is 19.3 Å². The number of benzene rings is 1. The lowest BCUT2D eigenvalue weighted by Crippen LogP contribution is -2.25. The second kappa shape index (κ2) is 6.62. The lowest BCUT2D eigenvalue weighted by Gasteiger charge is -2.24. The van der Waals surface area contributed by atoms with Crippen LogP contribution in [-0.4, -0.2) is 33.0 Å². The number of amides is 1. The normalized spacial score (nSPS) is 16.0. The van der Waals surface area contributed by atoms with E-state index >= 15 is 0 Å². The Labute approximate surface area is 159 Å². The van der Waals surface area contributed by atoms with Crippen LogP contribution in [0.25, 0.3) is 5.82 Å². The summed E-state index contributed by atoms with van der Waals surface area (Å²) in [6.07, 6.45) is 0.102. The maximum atomic E-state index is 14.5. The van der Waals surface area contributed by atoms with Gasteiger partial charge in [0.05, 0.1) is 12.8 Å². The van der Waals surface area contributed by atoms with E-state index in [2.05, 4.69) is 20.6 Å². The van der Waals surface area contributed by atoms with Gasteiger partial charge in [0.25, 0.3) is 0 Å². The van der Waals surface area contributed by atoms with E-state index in [9.17, 15) is 9.18 Å². The van der Waals surface area contributed by atoms with Crippen LogP contribution in [0.5, 0.6) is 5.88 Å². The molecule has 1 aliphatic rings. The number of anilines is 1. The number of methoxy groups -OCH3 is 1. The van der Waals surface area contributed by atoms with Crippen molar-refractivity contribution >= 4 is 23.3 Å². The standard InChI is InChI=1S/C18H15ClFN5O2/c1-9-17-12(11-7-10(19)3-4-13(11)20)8-15(26)21-18(17)25(24-9)14-5-6-16(27-2)23-22-14/h3-7,12H,8H2,1-2H3,(H,21,26)/t12-/m0/s1. The number of nitrogens with one attached hydrogen (secondary N) is 1. The summed E-state index contributed by atoms with van der Waals surface area (Å²) in [5.41, 5.74) is 1.75. The molecule has 0 fully saturated rings. The minimum absolute atomic E-state index is 0.102. The molecule has 0 radical (unpaired) electrons. The Hall–Kier alpha value is -3.00. The molecule has 0 spiro atoms. The SMILES string of the molecule is COc1ccc(-n2nc(C)c3c2NC(=O)C[C@H]3c2cc(Cl)ccc2F)nn1. The van der Waals surface area contributed by atoms with Gasteiger partial charge in [-0.25, -0.2) is 4.39 Å². The highest BCUT2D eigenvalue weighted by Gasteiger charge is 2.34. The van der Waals surface area contributed by atoms with Gasteiger partial charge in [-0.15, -0.1) is 10.2 Å². The van der Waals surface area contributed by atoms with Crippen molar-refractivity contribution in [3.8, 4) is 11.7 Å². The second-order valence-electron chi connectivity index (χ2n) is 6.16. The number of rotatable bonds is 3. The van der Waals surface area contributed by atoms with Crippen LogP contribution in [0.15, 0.2) is 30.3 Å². The van der Waals surface area contributed by atoms with E-state index < -0.39 is 11.7 Å². The maximum absolute atomic E-state index is 14.5. The Morgan fingerprint density at radius 2 is 2.11 bits per heavy atom. The number of nitrogens with zero attached hydrogens (tertiary/aromatic N) is 4. The number of fused-ring (bicyclic) bond motifs is 1. The molecule has 7 nitrogen and oxygen atoms in total. The largest absolute Gasteiger partial charge is 0.480 e. The van der Waals surface area contributed by atoms with E-state index in [0.29, 0.717) is 33.8 Å². The fourth-order valence-electron chi connectivity index (χ4n) is 3.30. The van der Waals surface area contributed by atoms with Gasteiger partial charge in [0.15, 0.2) is 5.82 Å². The van der Waals surface area contributed by atoms with Gasteiger partial charge in [0, 0.05) is 29.0 Å². The second-order valence-corrected chi connectivity index (χ2v) is 6.60. The first-order valence-electron chi connectivity index (χ1n) is 8.20. The number of aryl methyl sites for hydroxylation is 1. The van der Waals surface area contributed by atoms with E-state index in [4.69, 9.17) is 16.3 Å². The molecular formula is C18H15ClFN5O2. The molecule has 1 atom stereocenters. The van der Waals surface area contributed by atoms with Gasteiger partial charge in [0.2, 0.25) is 11.8 Å². The van der Waals surface area contributed by atoms with Gasteiger partial charge in [-0.05, 0) is 36.8 Å². The quantitative estimate of drug-likeness (QED) is 0.746. The summed E-state index contributed by atoms with van der Waals surface area (Å²) in [6, 6.07) is 7.65. The zero-order valence-electron chi connectivity index (χ0n) is 14.5. The van der Waals surface area contributed by atoms with Gasteiger partial charge in [-0.1, -0.05) is 11.6 Å². The summed E-state index contributed by atoms with van der Waals surface area (Å²) in [4.78, 5) is 12.3. The van der Waals surface area contributed by atoms with Crippen LogP contribution in [0.2, 0.25) is 5.02 Å². The Kier molecular flexibility index (Phi) is 4.27. The topological polar surface area (TPSA) is 81.9 Å². The molecule has 0 saturated carbocycles. The van der Waals surface area contributed by atoms with E-state index in [1.54, 1.807) is 25.1 Å². The highest BCUT2D eigenvalue weighted by molar-refractivity contribution is 6.30. The minimum Gasteiger partial charge on any atom is -0.480 e. The summed E-state index contributed by atoms with van der Waals surface area (Å²) in [5.74, 6) is 0.0722. The Morgan fingerprint density at radius 3 is 2.81 bits per heavy atom. The van der Waals surface area contributed by atoms with Gasteiger partial charge in [0.1, 0.15) is 11.6 Å². The van der Waals surface area contributed by atoms with Crippen LogP contribution in [0.4, 0.5) is 10.2 Å². The molecule has 138 valence electrons. The van der Waals surface area contributed by atoms with Crippen molar-refractivity contribution in [1.29, 1.82) is 0 Å². The molecule has 9 heteroatoms. The molecule has 3 heterocycles. The highest BCUT2D eigenvalue weighted by atomic mass is 35.5. The van der Waals surface area contributed by atoms with E-state index in [1.807, 2.05) is 0 Å². The zero-order valence-corrected chi connectivity index (χ0v) is 15.3. The van der Waals surface area contributed by atoms with Gasteiger partial charge >= 0.3 is 0 Å². The van der Waals surface area contributed by atoms with Crippen LogP contribution in [0, 0.1) is 12.7 Å². The Balaban J connectivity index is 1.86. The number of carbonyl (C=O) groups excluding carboxylic acids is 1. The third-order valence-corrected chi connectivity index (χ3v) is 4.72. The predicted molar refractivity (Wildman–Crippen MR) is 96.9 cm³/mol. The average molecular weight is 388 g/mol. The van der Waals surface area contributed by atoms with Crippen molar-refractivity contribution in [3.63, 3.8) is 0 Å². The fraction of sp³-hybridized carbons (Fsp3) is 0.222. The zero-order chi connectivity index (χ0) is 19.1. The van der Waals surface area contributed by atoms with Gasteiger partial charge < -0.3 is 10.1 Å². The smallest absolute Gasteiger partial charge is 0.233 e. The van der Waals surface area contributed by atoms with Crippen LogP contribution < -0.4 is 10.1 Å². The summed E-state index contributed by atoms with van der Waals surface area (Å²) in [7, 11) is 1.49. The Bertz CT molecular complexity index is 1030. The number of ether oxygens (including phenoxy) is 1. The Morgan fingerprint density at radius 1 is 1.30 bits per heavy atom. The number of hydrogen-bond donors (Lipinski definition) is 1. The molecule has 2 aromatic heterocycles. The molecule has 1 amide bonds. The number of aromatic nitrogens is 4. The predicted octanol–water partition coefficient (Wildman–Crippen LogP) is 3.25. The van der Waals surface area contributed by atoms with Crippen LogP contribution in [0.1, 0.15) is 29.2 Å². The van der Waals surface area contributed by atoms with E-state index in [-0.39, 0.29) is 12.3 Å². The van der Waals surface area contributed by atoms with Crippen molar-refractivity contribution < 1.29 is 13.9 Å². The summed E-state index contributed by atoms with van der Waals surface area (Å²) < 4.78 is 21.0. The third kappa shape index (κ3) is 3.02. The first-order valence-corrected chi connectivity index (χ1v) is 8.58. The van der Waals surface area contributed by atoms with Crippen LogP contribution in [0.3, 0.4) is 0 Å². The summed E-state index contributed by atoms with van der Waals surface area (Å²) in [6.45, 7) is 1.80. The number of carbonyl (C=O) groups is 1. The van der Waals surface area contributed by atoms with Crippen molar-refractivity contribution in [2.75, 3.05) is 12.4 Å². The molecule has 3 aromatic rings. The third-order valence-electron chi connectivity index (χ3n) is 4.49. The molecule has 0 saturated heterocycles. The molecular weight excluding hydrogens is 373 g/mol. The molecule has 1 aromatic carbocycles. The minimum atomic E-state index is -0.493. The van der Waals surface area contributed by atoms with Crippen molar-refractivity contribution in [3.05, 3.63) is 58.0 Å². The first-order chi connectivity index (χ1) is 13.0. The molecule has 4 rings (SSSR count). The maximum Gasteiger partial charge on any atom is 0.233 e. The molecule has 1 aliphatic heterocycles. The monoisotopic (exact) mass is 387 g/mol. The van der Waals surface area contributed by atoms with Crippen LogP contribution in [-0.2, 0) is 4.79 Å². The molecule has 0 aliphatic carbocycles. The molecule has 0 bridgehead atoms. The fourth-order valence-corrected chi connectivity index (χ4v) is 3.48. The van der Waals surface area contributed by atoms with Crippen molar-refractivity contribution in [2.24, 2.45) is 0 Å². The van der Waals surface area contributed by atoms with Crippen molar-refractivity contribution in [1.82, 2.24) is 20.0 Å². The summed E-state index contributed by atoms with van der Waals surface area (Å²) in [5, 5.41) is 15.7. The highest BCUT2D eigenvalue weighted by Crippen LogP contribution is 2.41. The van der Waals surface area contributed by atoms with E-state index in [1.165, 1.54) is 23.9 Å². The average Bonchev–Trinajstić information content (AvgIpc) is 2.99. The summed E-state index contributed by atoms with van der Waals surface area (Å²) >= 11 is 6.05.